The molecule has 0 fully saturated rings. The Labute approximate surface area is 141 Å². The van der Waals surface area contributed by atoms with E-state index in [1.54, 1.807) is 6.92 Å². The van der Waals surface area contributed by atoms with Crippen molar-refractivity contribution in [3.63, 3.8) is 0 Å². The molecule has 5 heteroatoms. The fraction of sp³-hybridized carbons (Fsp3) is 0.368. The minimum absolute atomic E-state index is 0.0297. The van der Waals surface area contributed by atoms with Crippen molar-refractivity contribution in [1.29, 1.82) is 0 Å². The Morgan fingerprint density at radius 3 is 2.46 bits per heavy atom. The summed E-state index contributed by atoms with van der Waals surface area (Å²) in [6, 6.07) is 9.31. The second-order valence-corrected chi connectivity index (χ2v) is 6.55. The molecule has 0 bridgehead atoms. The van der Waals surface area contributed by atoms with Crippen LogP contribution in [0.25, 0.3) is 0 Å². The Bertz CT molecular complexity index is 758. The highest BCUT2D eigenvalue weighted by Gasteiger charge is 2.26. The molecule has 0 saturated carbocycles. The van der Waals surface area contributed by atoms with Crippen LogP contribution in [0.15, 0.2) is 34.7 Å². The van der Waals surface area contributed by atoms with Crippen molar-refractivity contribution in [3.05, 3.63) is 58.5 Å². The summed E-state index contributed by atoms with van der Waals surface area (Å²) < 4.78 is 5.41. The van der Waals surface area contributed by atoms with Crippen LogP contribution in [-0.2, 0) is 12.8 Å². The van der Waals surface area contributed by atoms with Crippen molar-refractivity contribution in [1.82, 2.24) is 5.32 Å². The smallest absolute Gasteiger partial charge is 0.339 e. The van der Waals surface area contributed by atoms with Gasteiger partial charge in [0, 0.05) is 18.0 Å². The lowest BCUT2D eigenvalue weighted by Gasteiger charge is -2.26. The lowest BCUT2D eigenvalue weighted by molar-refractivity contribution is 0.0694. The van der Waals surface area contributed by atoms with Gasteiger partial charge in [0.05, 0.1) is 0 Å². The van der Waals surface area contributed by atoms with Crippen LogP contribution in [0.3, 0.4) is 0 Å². The number of benzene rings is 1. The number of hydrogen-bond acceptors (Lipinski definition) is 3. The lowest BCUT2D eigenvalue weighted by atomic mass is 9.92. The van der Waals surface area contributed by atoms with E-state index >= 15 is 0 Å². The van der Waals surface area contributed by atoms with Crippen molar-refractivity contribution in [2.45, 2.75) is 46.1 Å². The largest absolute Gasteiger partial charge is 0.478 e. The molecule has 0 aliphatic carbocycles. The molecule has 1 heterocycles. The molecule has 0 aliphatic heterocycles. The maximum atomic E-state index is 12.4. The number of amides is 1. The number of aryl methyl sites for hydroxylation is 2. The van der Waals surface area contributed by atoms with Crippen molar-refractivity contribution in [3.8, 4) is 0 Å². The molecular formula is C19H23NO4. The van der Waals surface area contributed by atoms with Gasteiger partial charge in [0.15, 0.2) is 5.76 Å². The monoisotopic (exact) mass is 329 g/mol. The van der Waals surface area contributed by atoms with Crippen molar-refractivity contribution < 1.29 is 19.1 Å². The molecule has 0 saturated heterocycles. The molecule has 0 radical (unpaired) electrons. The summed E-state index contributed by atoms with van der Waals surface area (Å²) in [5.41, 5.74) is 1.87. The Morgan fingerprint density at radius 2 is 1.92 bits per heavy atom. The molecule has 0 spiro atoms. The predicted molar refractivity (Wildman–Crippen MR) is 91.5 cm³/mol. The summed E-state index contributed by atoms with van der Waals surface area (Å²) in [4.78, 5) is 23.6. The number of rotatable bonds is 6. The molecule has 1 aromatic heterocycles. The Morgan fingerprint density at radius 1 is 1.25 bits per heavy atom. The minimum Gasteiger partial charge on any atom is -0.478 e. The van der Waals surface area contributed by atoms with E-state index in [1.807, 2.05) is 45.0 Å². The summed E-state index contributed by atoms with van der Waals surface area (Å²) >= 11 is 0. The van der Waals surface area contributed by atoms with Crippen LogP contribution in [0.1, 0.15) is 58.6 Å². The Hall–Kier alpha value is -2.56. The number of nitrogens with one attached hydrogen (secondary N) is 1. The maximum absolute atomic E-state index is 12.4. The summed E-state index contributed by atoms with van der Waals surface area (Å²) in [7, 11) is 0. The van der Waals surface area contributed by atoms with E-state index in [9.17, 15) is 9.59 Å². The van der Waals surface area contributed by atoms with Crippen LogP contribution in [-0.4, -0.2) is 22.5 Å². The molecule has 1 amide bonds. The fourth-order valence-corrected chi connectivity index (χ4v) is 2.68. The zero-order valence-corrected chi connectivity index (χ0v) is 14.5. The van der Waals surface area contributed by atoms with Gasteiger partial charge in [0.1, 0.15) is 11.3 Å². The number of hydrogen-bond donors (Lipinski definition) is 2. The highest BCUT2D eigenvalue weighted by atomic mass is 16.4. The first-order chi connectivity index (χ1) is 11.2. The molecule has 1 aromatic carbocycles. The molecule has 0 aliphatic rings. The number of furan rings is 1. The van der Waals surface area contributed by atoms with Crippen molar-refractivity contribution in [2.24, 2.45) is 0 Å². The molecule has 2 aromatic rings. The van der Waals surface area contributed by atoms with E-state index in [1.165, 1.54) is 11.6 Å². The van der Waals surface area contributed by atoms with Crippen LogP contribution in [0, 0.1) is 6.92 Å². The van der Waals surface area contributed by atoms with Gasteiger partial charge in [-0.15, -0.1) is 0 Å². The van der Waals surface area contributed by atoms with Gasteiger partial charge >= 0.3 is 5.97 Å². The van der Waals surface area contributed by atoms with E-state index in [4.69, 9.17) is 9.52 Å². The highest BCUT2D eigenvalue weighted by Crippen LogP contribution is 2.20. The predicted octanol–water partition coefficient (Wildman–Crippen LogP) is 3.60. The van der Waals surface area contributed by atoms with Gasteiger partial charge < -0.3 is 14.8 Å². The van der Waals surface area contributed by atoms with E-state index in [0.29, 0.717) is 18.6 Å². The van der Waals surface area contributed by atoms with E-state index in [-0.39, 0.29) is 11.3 Å². The zero-order valence-electron chi connectivity index (χ0n) is 14.5. The number of aromatic carboxylic acids is 1. The first kappa shape index (κ1) is 17.8. The first-order valence-electron chi connectivity index (χ1n) is 7.96. The third kappa shape index (κ3) is 4.04. The summed E-state index contributed by atoms with van der Waals surface area (Å²) in [5.74, 6) is -1.16. The zero-order chi connectivity index (χ0) is 17.9. The summed E-state index contributed by atoms with van der Waals surface area (Å²) in [6.07, 6.45) is 1.08. The van der Waals surface area contributed by atoms with Crippen LogP contribution < -0.4 is 5.32 Å². The summed E-state index contributed by atoms with van der Waals surface area (Å²) in [6.45, 7) is 7.68. The Balaban J connectivity index is 2.16. The van der Waals surface area contributed by atoms with Crippen LogP contribution >= 0.6 is 0 Å². The quantitative estimate of drug-likeness (QED) is 0.848. The van der Waals surface area contributed by atoms with Crippen LogP contribution in [0.4, 0.5) is 0 Å². The average molecular weight is 329 g/mol. The molecule has 24 heavy (non-hydrogen) atoms. The molecule has 0 atom stereocenters. The molecule has 0 unspecified atom stereocenters. The first-order valence-corrected chi connectivity index (χ1v) is 7.96. The van der Waals surface area contributed by atoms with Gasteiger partial charge in [0.25, 0.3) is 5.91 Å². The van der Waals surface area contributed by atoms with Gasteiger partial charge in [-0.2, -0.15) is 0 Å². The highest BCUT2D eigenvalue weighted by molar-refractivity contribution is 5.96. The second-order valence-electron chi connectivity index (χ2n) is 6.55. The standard InChI is InChI=1S/C19H23NO4/c1-5-15-14(18(22)23)10-16(24-15)17(21)20-19(3,4)11-13-9-7-6-8-12(13)2/h6-10H,5,11H2,1-4H3,(H,20,21)(H,22,23). The number of carboxylic acid groups (broad SMARTS) is 1. The Kier molecular flexibility index (Phi) is 5.12. The SMILES string of the molecule is CCc1oc(C(=O)NC(C)(C)Cc2ccccc2C)cc1C(=O)O. The minimum atomic E-state index is -1.09. The normalized spacial score (nSPS) is 11.3. The lowest BCUT2D eigenvalue weighted by Crippen LogP contribution is -2.45. The van der Waals surface area contributed by atoms with Gasteiger partial charge in [0.2, 0.25) is 0 Å². The molecular weight excluding hydrogens is 306 g/mol. The molecule has 5 nitrogen and oxygen atoms in total. The second kappa shape index (κ2) is 6.91. The maximum Gasteiger partial charge on any atom is 0.339 e. The third-order valence-corrected chi connectivity index (χ3v) is 3.93. The van der Waals surface area contributed by atoms with Crippen LogP contribution in [0.2, 0.25) is 0 Å². The van der Waals surface area contributed by atoms with Gasteiger partial charge in [-0.3, -0.25) is 4.79 Å². The van der Waals surface area contributed by atoms with Gasteiger partial charge in [-0.25, -0.2) is 4.79 Å². The number of carbonyl (C=O) groups is 2. The van der Waals surface area contributed by atoms with Crippen LogP contribution in [0.5, 0.6) is 0 Å². The van der Waals surface area contributed by atoms with E-state index < -0.39 is 17.4 Å². The van der Waals surface area contributed by atoms with Gasteiger partial charge in [-0.1, -0.05) is 31.2 Å². The number of carboxylic acids is 1. The topological polar surface area (TPSA) is 79.5 Å². The van der Waals surface area contributed by atoms with Crippen molar-refractivity contribution in [2.75, 3.05) is 0 Å². The average Bonchev–Trinajstić information content (AvgIpc) is 2.93. The fourth-order valence-electron chi connectivity index (χ4n) is 2.68. The molecule has 2 N–H and O–H groups in total. The van der Waals surface area contributed by atoms with Gasteiger partial charge in [-0.05, 0) is 38.3 Å². The van der Waals surface area contributed by atoms with E-state index in [2.05, 4.69) is 5.32 Å². The molecule has 2 rings (SSSR count). The van der Waals surface area contributed by atoms with Crippen molar-refractivity contribution >= 4 is 11.9 Å². The molecule has 128 valence electrons. The number of carbonyl (C=O) groups excluding carboxylic acids is 1. The van der Waals surface area contributed by atoms with E-state index in [0.717, 1.165) is 5.56 Å². The third-order valence-electron chi connectivity index (χ3n) is 3.93. The summed E-state index contributed by atoms with van der Waals surface area (Å²) in [5, 5.41) is 12.1.